The second-order valence-corrected chi connectivity index (χ2v) is 6.15. The van der Waals surface area contributed by atoms with Crippen molar-refractivity contribution in [3.63, 3.8) is 0 Å². The van der Waals surface area contributed by atoms with E-state index >= 15 is 0 Å². The van der Waals surface area contributed by atoms with Gasteiger partial charge in [0.25, 0.3) is 0 Å². The first-order valence-electron chi connectivity index (χ1n) is 7.01. The van der Waals surface area contributed by atoms with Gasteiger partial charge in [0.15, 0.2) is 0 Å². The third kappa shape index (κ3) is 4.59. The lowest BCUT2D eigenvalue weighted by atomic mass is 9.86. The maximum atomic E-state index is 12.7. The van der Waals surface area contributed by atoms with E-state index in [0.29, 0.717) is 10.5 Å². The molecule has 3 nitrogen and oxygen atoms in total. The fraction of sp³-hybridized carbons (Fsp3) is 0.412. The van der Waals surface area contributed by atoms with E-state index in [1.807, 2.05) is 20.8 Å². The van der Waals surface area contributed by atoms with Gasteiger partial charge in [0.05, 0.1) is 6.07 Å². The van der Waals surface area contributed by atoms with Gasteiger partial charge < -0.3 is 4.90 Å². The number of halogens is 3. The third-order valence-corrected chi connectivity index (χ3v) is 3.36. The predicted molar refractivity (Wildman–Crippen MR) is 81.5 cm³/mol. The molecule has 0 fully saturated rings. The van der Waals surface area contributed by atoms with E-state index in [4.69, 9.17) is 0 Å². The Hall–Kier alpha value is -2.29. The van der Waals surface area contributed by atoms with Crippen LogP contribution in [0, 0.1) is 11.3 Å². The van der Waals surface area contributed by atoms with Crippen LogP contribution in [0.4, 0.5) is 13.2 Å². The first-order chi connectivity index (χ1) is 10.5. The van der Waals surface area contributed by atoms with E-state index in [2.05, 4.69) is 6.58 Å². The Balaban J connectivity index is 3.21. The highest BCUT2D eigenvalue weighted by Gasteiger charge is 2.44. The third-order valence-electron chi connectivity index (χ3n) is 3.36. The summed E-state index contributed by atoms with van der Waals surface area (Å²) in [5, 5.41) is 9.27. The molecular formula is C17H19F3N2O. The van der Waals surface area contributed by atoms with Gasteiger partial charge >= 0.3 is 12.1 Å². The molecule has 0 aliphatic heterocycles. The topological polar surface area (TPSA) is 44.1 Å². The lowest BCUT2D eigenvalue weighted by Gasteiger charge is -2.28. The van der Waals surface area contributed by atoms with Gasteiger partial charge in [-0.1, -0.05) is 51.1 Å². The summed E-state index contributed by atoms with van der Waals surface area (Å²) < 4.78 is 38.2. The molecular weight excluding hydrogens is 305 g/mol. The van der Waals surface area contributed by atoms with E-state index in [9.17, 15) is 23.2 Å². The number of nitriles is 1. The van der Waals surface area contributed by atoms with Crippen molar-refractivity contribution in [3.8, 4) is 6.07 Å². The molecule has 0 unspecified atom stereocenters. The van der Waals surface area contributed by atoms with Crippen molar-refractivity contribution >= 4 is 5.91 Å². The number of amides is 1. The number of rotatable bonds is 4. The van der Waals surface area contributed by atoms with Crippen molar-refractivity contribution in [3.05, 3.63) is 48.0 Å². The number of alkyl halides is 3. The molecule has 1 aromatic carbocycles. The molecule has 0 aliphatic rings. The molecule has 124 valence electrons. The SMILES string of the molecule is C=CCN(C(=O)C(F)(F)F)[C@@H](C#N)c1ccc(C(C)(C)C)cc1. The Morgan fingerprint density at radius 1 is 1.30 bits per heavy atom. The van der Waals surface area contributed by atoms with Crippen LogP contribution in [0.1, 0.15) is 37.9 Å². The normalized spacial score (nSPS) is 13.1. The van der Waals surface area contributed by atoms with E-state index < -0.39 is 18.1 Å². The van der Waals surface area contributed by atoms with Crippen LogP contribution in [0.2, 0.25) is 0 Å². The van der Waals surface area contributed by atoms with Gasteiger partial charge in [0, 0.05) is 6.54 Å². The molecule has 1 atom stereocenters. The fourth-order valence-electron chi connectivity index (χ4n) is 2.10. The zero-order valence-corrected chi connectivity index (χ0v) is 13.3. The maximum Gasteiger partial charge on any atom is 0.471 e. The van der Waals surface area contributed by atoms with Crippen LogP contribution < -0.4 is 0 Å². The molecule has 23 heavy (non-hydrogen) atoms. The van der Waals surface area contributed by atoms with E-state index in [0.717, 1.165) is 11.6 Å². The van der Waals surface area contributed by atoms with Gasteiger partial charge in [-0.15, -0.1) is 6.58 Å². The van der Waals surface area contributed by atoms with Crippen molar-refractivity contribution in [2.75, 3.05) is 6.54 Å². The monoisotopic (exact) mass is 324 g/mol. The summed E-state index contributed by atoms with van der Waals surface area (Å²) >= 11 is 0. The van der Waals surface area contributed by atoms with Crippen LogP contribution in [0.25, 0.3) is 0 Å². The molecule has 0 bridgehead atoms. The number of carbonyl (C=O) groups excluding carboxylic acids is 1. The van der Waals surface area contributed by atoms with E-state index in [1.165, 1.54) is 0 Å². The van der Waals surface area contributed by atoms with Gasteiger partial charge in [-0.2, -0.15) is 18.4 Å². The minimum Gasteiger partial charge on any atom is -0.311 e. The summed E-state index contributed by atoms with van der Waals surface area (Å²) in [5.74, 6) is -2.05. The summed E-state index contributed by atoms with van der Waals surface area (Å²) in [4.78, 5) is 12.0. The molecule has 0 aliphatic carbocycles. The minimum atomic E-state index is -5.04. The molecule has 0 saturated carbocycles. The predicted octanol–water partition coefficient (Wildman–Crippen LogP) is 4.13. The Bertz CT molecular complexity index is 607. The molecule has 1 amide bonds. The van der Waals surface area contributed by atoms with Crippen LogP contribution in [0.3, 0.4) is 0 Å². The summed E-state index contributed by atoms with van der Waals surface area (Å²) in [6, 6.07) is 7.11. The molecule has 6 heteroatoms. The minimum absolute atomic E-state index is 0.122. The van der Waals surface area contributed by atoms with Crippen molar-refractivity contribution in [1.29, 1.82) is 5.26 Å². The number of benzene rings is 1. The highest BCUT2D eigenvalue weighted by molar-refractivity contribution is 5.82. The molecule has 0 spiro atoms. The van der Waals surface area contributed by atoms with Crippen LogP contribution in [0.5, 0.6) is 0 Å². The summed E-state index contributed by atoms with van der Waals surface area (Å²) in [6.45, 7) is 8.99. The standard InChI is InChI=1S/C17H19F3N2O/c1-5-10-22(15(23)17(18,19)20)14(11-21)12-6-8-13(9-7-12)16(2,3)4/h5-9,14H,1,10H2,2-4H3/t14-/m0/s1. The largest absolute Gasteiger partial charge is 0.471 e. The van der Waals surface area contributed by atoms with E-state index in [1.54, 1.807) is 30.3 Å². The highest BCUT2D eigenvalue weighted by atomic mass is 19.4. The maximum absolute atomic E-state index is 12.7. The number of nitrogens with zero attached hydrogens (tertiary/aromatic N) is 2. The number of hydrogen-bond acceptors (Lipinski definition) is 2. The van der Waals surface area contributed by atoms with Crippen LogP contribution >= 0.6 is 0 Å². The Kier molecular flexibility index (Phi) is 5.60. The fourth-order valence-corrected chi connectivity index (χ4v) is 2.10. The molecule has 0 aromatic heterocycles. The van der Waals surface area contributed by atoms with Gasteiger partial charge in [0.2, 0.25) is 0 Å². The molecule has 0 saturated heterocycles. The lowest BCUT2D eigenvalue weighted by Crippen LogP contribution is -2.43. The quantitative estimate of drug-likeness (QED) is 0.782. The first kappa shape index (κ1) is 18.8. The Labute approximate surface area is 134 Å². The summed E-state index contributed by atoms with van der Waals surface area (Å²) in [5.41, 5.74) is 1.19. The highest BCUT2D eigenvalue weighted by Crippen LogP contribution is 2.29. The second-order valence-electron chi connectivity index (χ2n) is 6.15. The Morgan fingerprint density at radius 2 is 1.83 bits per heavy atom. The zero-order chi connectivity index (χ0) is 17.8. The molecule has 0 heterocycles. The summed E-state index contributed by atoms with van der Waals surface area (Å²) in [7, 11) is 0. The van der Waals surface area contributed by atoms with Crippen molar-refractivity contribution in [2.45, 2.75) is 38.4 Å². The number of carbonyl (C=O) groups is 1. The average Bonchev–Trinajstić information content (AvgIpc) is 2.45. The van der Waals surface area contributed by atoms with Gasteiger partial charge in [-0.25, -0.2) is 0 Å². The summed E-state index contributed by atoms with van der Waals surface area (Å²) in [6.07, 6.45) is -3.87. The molecule has 1 aromatic rings. The number of hydrogen-bond donors (Lipinski definition) is 0. The van der Waals surface area contributed by atoms with Crippen molar-refractivity contribution in [1.82, 2.24) is 4.90 Å². The van der Waals surface area contributed by atoms with Crippen LogP contribution in [0.15, 0.2) is 36.9 Å². The average molecular weight is 324 g/mol. The molecule has 0 N–H and O–H groups in total. The zero-order valence-electron chi connectivity index (χ0n) is 13.3. The molecule has 0 radical (unpaired) electrons. The first-order valence-corrected chi connectivity index (χ1v) is 7.01. The Morgan fingerprint density at radius 3 is 2.17 bits per heavy atom. The van der Waals surface area contributed by atoms with Crippen LogP contribution in [-0.4, -0.2) is 23.5 Å². The van der Waals surface area contributed by atoms with Gasteiger partial charge in [-0.05, 0) is 16.5 Å². The lowest BCUT2D eigenvalue weighted by molar-refractivity contribution is -0.186. The van der Waals surface area contributed by atoms with E-state index in [-0.39, 0.29) is 12.0 Å². The van der Waals surface area contributed by atoms with Gasteiger partial charge in [-0.3, -0.25) is 4.79 Å². The van der Waals surface area contributed by atoms with Crippen molar-refractivity contribution < 1.29 is 18.0 Å². The smallest absolute Gasteiger partial charge is 0.311 e. The molecule has 1 rings (SSSR count). The second kappa shape index (κ2) is 6.86. The van der Waals surface area contributed by atoms with Gasteiger partial charge in [0.1, 0.15) is 6.04 Å². The van der Waals surface area contributed by atoms with Crippen LogP contribution in [-0.2, 0) is 10.2 Å². The van der Waals surface area contributed by atoms with Crippen molar-refractivity contribution in [2.24, 2.45) is 0 Å².